The minimum Gasteiger partial charge on any atom is -0.462 e. The number of hydrogen-bond acceptors (Lipinski definition) is 7. The van der Waals surface area contributed by atoms with Crippen LogP contribution in [-0.4, -0.2) is 53.3 Å². The number of phosphoric ester groups is 1. The largest absolute Gasteiger partial charge is 0.469 e. The third-order valence-electron chi connectivity index (χ3n) is 7.82. The summed E-state index contributed by atoms with van der Waals surface area (Å²) < 4.78 is 32.0. The molecule has 10 heteroatoms. The number of phosphoric acid groups is 1. The van der Waals surface area contributed by atoms with Gasteiger partial charge in [-0.15, -0.1) is 0 Å². The summed E-state index contributed by atoms with van der Waals surface area (Å²) >= 11 is 0. The maximum atomic E-state index is 12.4. The van der Waals surface area contributed by atoms with E-state index in [9.17, 15) is 14.2 Å². The Bertz CT molecular complexity index is 1160. The fourth-order valence-corrected chi connectivity index (χ4v) is 5.28. The molecule has 9 nitrogen and oxygen atoms in total. The van der Waals surface area contributed by atoms with E-state index in [1.165, 1.54) is 19.3 Å². The number of allylic oxidation sites excluding steroid dienone is 13. The van der Waals surface area contributed by atoms with Crippen molar-refractivity contribution >= 4 is 19.8 Å². The molecule has 2 unspecified atom stereocenters. The van der Waals surface area contributed by atoms with Crippen LogP contribution in [0.3, 0.4) is 0 Å². The summed E-state index contributed by atoms with van der Waals surface area (Å²) in [7, 11) is -4.79. The van der Waals surface area contributed by atoms with Crippen molar-refractivity contribution in [1.29, 1.82) is 0 Å². The number of unbranched alkanes of at least 4 members (excludes halogenated alkanes) is 5. The normalized spacial score (nSPS) is 17.4. The Hall–Kier alpha value is -2.81. The fraction of sp³-hybridized carbons (Fsp3) is 0.610. The second-order valence-electron chi connectivity index (χ2n) is 12.6. The summed E-state index contributed by atoms with van der Waals surface area (Å²) in [6, 6.07) is 0. The highest BCUT2D eigenvalue weighted by Gasteiger charge is 2.36. The molecule has 0 aliphatic carbocycles. The first-order valence-corrected chi connectivity index (χ1v) is 20.5. The zero-order valence-electron chi connectivity index (χ0n) is 31.2. The Labute approximate surface area is 307 Å². The number of ether oxygens (including phenoxy) is 3. The average molecular weight is 733 g/mol. The molecule has 51 heavy (non-hydrogen) atoms. The van der Waals surface area contributed by atoms with E-state index in [1.807, 2.05) is 0 Å². The van der Waals surface area contributed by atoms with Crippen LogP contribution in [0.25, 0.3) is 0 Å². The van der Waals surface area contributed by atoms with Crippen molar-refractivity contribution in [3.8, 4) is 0 Å². The first-order valence-electron chi connectivity index (χ1n) is 19.0. The van der Waals surface area contributed by atoms with Crippen molar-refractivity contribution in [3.05, 3.63) is 85.1 Å². The Morgan fingerprint density at radius 3 is 1.75 bits per heavy atom. The minimum atomic E-state index is -4.79. The van der Waals surface area contributed by atoms with Gasteiger partial charge in [0.1, 0.15) is 6.61 Å². The van der Waals surface area contributed by atoms with Gasteiger partial charge in [0, 0.05) is 12.8 Å². The van der Waals surface area contributed by atoms with Gasteiger partial charge in [-0.1, -0.05) is 112 Å². The molecule has 1 rings (SSSR count). The van der Waals surface area contributed by atoms with E-state index in [4.69, 9.17) is 24.0 Å². The van der Waals surface area contributed by atoms with Gasteiger partial charge in [-0.05, 0) is 89.9 Å². The molecule has 0 amide bonds. The van der Waals surface area contributed by atoms with E-state index < -0.39 is 32.5 Å². The van der Waals surface area contributed by atoms with Crippen LogP contribution in [0.15, 0.2) is 85.1 Å². The predicted octanol–water partition coefficient (Wildman–Crippen LogP) is 10.3. The molecule has 2 N–H and O–H groups in total. The first-order chi connectivity index (χ1) is 24.7. The van der Waals surface area contributed by atoms with Gasteiger partial charge in [-0.3, -0.25) is 14.1 Å². The van der Waals surface area contributed by atoms with Crippen molar-refractivity contribution in [2.24, 2.45) is 0 Å². The topological polar surface area (TPSA) is 132 Å². The Kier molecular flexibility index (Phi) is 28.9. The van der Waals surface area contributed by atoms with Crippen LogP contribution in [0.4, 0.5) is 0 Å². The molecular weight excluding hydrogens is 667 g/mol. The molecule has 0 aromatic carbocycles. The Balaban J connectivity index is 2.20. The number of hydrogen-bond donors (Lipinski definition) is 2. The van der Waals surface area contributed by atoms with Crippen molar-refractivity contribution < 1.29 is 42.7 Å². The van der Waals surface area contributed by atoms with Gasteiger partial charge in [0.15, 0.2) is 6.10 Å². The summed E-state index contributed by atoms with van der Waals surface area (Å²) in [6.07, 6.45) is 44.7. The van der Waals surface area contributed by atoms with Gasteiger partial charge >= 0.3 is 19.8 Å². The number of epoxide rings is 1. The third-order valence-corrected chi connectivity index (χ3v) is 8.31. The SMILES string of the molecule is CC/C=C\C/C=C\C/C=C\C/C=C\CCCCC(=O)OC[C@H](COP(=O)(O)O)OC(=O)CCCC1OC1C/C=C\C/C=C\C/C=C\CCCCC. The summed E-state index contributed by atoms with van der Waals surface area (Å²) in [6.45, 7) is 3.42. The molecule has 288 valence electrons. The monoisotopic (exact) mass is 732 g/mol. The zero-order chi connectivity index (χ0) is 37.3. The number of esters is 2. The van der Waals surface area contributed by atoms with Crippen molar-refractivity contribution in [2.75, 3.05) is 13.2 Å². The second-order valence-corrected chi connectivity index (χ2v) is 13.8. The lowest BCUT2D eigenvalue weighted by molar-refractivity contribution is -0.161. The fourth-order valence-electron chi connectivity index (χ4n) is 4.92. The zero-order valence-corrected chi connectivity index (χ0v) is 32.1. The minimum absolute atomic E-state index is 0.105. The van der Waals surface area contributed by atoms with Crippen LogP contribution in [0.2, 0.25) is 0 Å². The van der Waals surface area contributed by atoms with Gasteiger partial charge in [0.05, 0.1) is 18.8 Å². The molecule has 3 atom stereocenters. The molecule has 0 radical (unpaired) electrons. The predicted molar refractivity (Wildman–Crippen MR) is 206 cm³/mol. The summed E-state index contributed by atoms with van der Waals surface area (Å²) in [5.74, 6) is -1.02. The molecule has 1 heterocycles. The van der Waals surface area contributed by atoms with Crippen LogP contribution in [0, 0.1) is 0 Å². The summed E-state index contributed by atoms with van der Waals surface area (Å²) in [5.41, 5.74) is 0. The van der Waals surface area contributed by atoms with Gasteiger partial charge < -0.3 is 24.0 Å². The highest BCUT2D eigenvalue weighted by molar-refractivity contribution is 7.46. The van der Waals surface area contributed by atoms with Gasteiger partial charge in [-0.2, -0.15) is 0 Å². The number of rotatable bonds is 32. The van der Waals surface area contributed by atoms with Gasteiger partial charge in [-0.25, -0.2) is 4.57 Å². The third kappa shape index (κ3) is 31.6. The van der Waals surface area contributed by atoms with Crippen LogP contribution < -0.4 is 0 Å². The lowest BCUT2D eigenvalue weighted by Crippen LogP contribution is -2.29. The maximum Gasteiger partial charge on any atom is 0.469 e. The molecule has 0 aromatic rings. The summed E-state index contributed by atoms with van der Waals surface area (Å²) in [5, 5.41) is 0. The van der Waals surface area contributed by atoms with E-state index >= 15 is 0 Å². The highest BCUT2D eigenvalue weighted by Crippen LogP contribution is 2.36. The average Bonchev–Trinajstić information content (AvgIpc) is 3.85. The highest BCUT2D eigenvalue weighted by atomic mass is 31.2. The lowest BCUT2D eigenvalue weighted by Gasteiger charge is -2.18. The van der Waals surface area contributed by atoms with Crippen LogP contribution in [-0.2, 0) is 32.9 Å². The molecule has 0 saturated carbocycles. The van der Waals surface area contributed by atoms with Crippen molar-refractivity contribution in [3.63, 3.8) is 0 Å². The van der Waals surface area contributed by atoms with Crippen LogP contribution in [0.1, 0.15) is 129 Å². The Morgan fingerprint density at radius 1 is 0.647 bits per heavy atom. The Morgan fingerprint density at radius 2 is 1.18 bits per heavy atom. The van der Waals surface area contributed by atoms with Crippen LogP contribution in [0.5, 0.6) is 0 Å². The van der Waals surface area contributed by atoms with E-state index in [0.717, 1.165) is 64.2 Å². The van der Waals surface area contributed by atoms with E-state index in [1.54, 1.807) is 0 Å². The lowest BCUT2D eigenvalue weighted by atomic mass is 10.1. The molecule has 1 aliphatic heterocycles. The molecule has 0 spiro atoms. The van der Waals surface area contributed by atoms with Crippen molar-refractivity contribution in [1.82, 2.24) is 0 Å². The number of carbonyl (C=O) groups excluding carboxylic acids is 2. The standard InChI is InChI=1S/C41H65O9P/c1-3-5-7-9-11-13-15-17-18-19-21-23-25-27-29-33-40(42)47-35-37(36-48-51(44,45)46)49-41(43)34-30-32-39-38(50-39)31-28-26-24-22-20-16-14-12-10-8-6-4-2/h5,7,11-14,17-18,20-23,26,28,37-39H,3-4,6,8-10,15-16,19,24-25,27,29-36H2,1-2H3,(H2,44,45,46)/b7-5-,13-11-,14-12-,18-17-,22-20-,23-21-,28-26-/t37-,38?,39?/m1/s1. The van der Waals surface area contributed by atoms with Crippen molar-refractivity contribution in [2.45, 2.75) is 148 Å². The summed E-state index contributed by atoms with van der Waals surface area (Å²) in [4.78, 5) is 42.8. The molecule has 1 fully saturated rings. The number of carbonyl (C=O) groups is 2. The van der Waals surface area contributed by atoms with Crippen LogP contribution >= 0.6 is 7.82 Å². The smallest absolute Gasteiger partial charge is 0.462 e. The molecule has 1 saturated heterocycles. The van der Waals surface area contributed by atoms with Gasteiger partial charge in [0.25, 0.3) is 0 Å². The van der Waals surface area contributed by atoms with E-state index in [0.29, 0.717) is 19.3 Å². The molecular formula is C41H65O9P. The van der Waals surface area contributed by atoms with E-state index in [2.05, 4.69) is 103 Å². The molecule has 0 aromatic heterocycles. The second kappa shape index (κ2) is 31.9. The van der Waals surface area contributed by atoms with E-state index in [-0.39, 0.29) is 31.7 Å². The quantitative estimate of drug-likeness (QED) is 0.0228. The molecule has 1 aliphatic rings. The molecule has 0 bridgehead atoms. The first kappa shape index (κ1) is 46.2. The maximum absolute atomic E-state index is 12.4. The van der Waals surface area contributed by atoms with Gasteiger partial charge in [0.2, 0.25) is 0 Å².